The Morgan fingerprint density at radius 2 is 2.21 bits per heavy atom. The molecule has 1 rings (SSSR count). The van der Waals surface area contributed by atoms with Crippen molar-refractivity contribution < 1.29 is 4.74 Å². The average Bonchev–Trinajstić information content (AvgIpc) is 2.38. The van der Waals surface area contributed by atoms with Gasteiger partial charge in [-0.15, -0.1) is 0 Å². The first-order valence-corrected chi connectivity index (χ1v) is 6.45. The number of nitrogens with zero attached hydrogens (tertiary/aromatic N) is 3. The molecular formula is C13H23N5O. The summed E-state index contributed by atoms with van der Waals surface area (Å²) in [5, 5.41) is 7.50. The highest BCUT2D eigenvalue weighted by Gasteiger charge is 2.17. The van der Waals surface area contributed by atoms with Crippen LogP contribution in [0.15, 0.2) is 6.07 Å². The standard InChI is InChI=1S/C13H23N5O/c1-5-10(3)18(6-7-19-4)13-16-9(2)8-11(17-13)12(14)15/h8,10H,5-7H2,1-4H3,(H3,14,15). The number of ether oxygens (including phenoxy) is 1. The van der Waals surface area contributed by atoms with Crippen molar-refractivity contribution in [2.75, 3.05) is 25.2 Å². The van der Waals surface area contributed by atoms with Gasteiger partial charge in [0.05, 0.1) is 6.61 Å². The topological polar surface area (TPSA) is 88.1 Å². The van der Waals surface area contributed by atoms with Crippen molar-refractivity contribution in [2.45, 2.75) is 33.2 Å². The summed E-state index contributed by atoms with van der Waals surface area (Å²) in [6, 6.07) is 2.02. The van der Waals surface area contributed by atoms with Gasteiger partial charge >= 0.3 is 0 Å². The molecule has 106 valence electrons. The number of nitrogens with two attached hydrogens (primary N) is 1. The number of amidine groups is 1. The van der Waals surface area contributed by atoms with E-state index in [-0.39, 0.29) is 5.84 Å². The van der Waals surface area contributed by atoms with Crippen LogP contribution < -0.4 is 10.6 Å². The van der Waals surface area contributed by atoms with Gasteiger partial charge in [-0.2, -0.15) is 0 Å². The lowest BCUT2D eigenvalue weighted by molar-refractivity contribution is 0.203. The molecule has 0 aliphatic carbocycles. The Hall–Kier alpha value is -1.69. The lowest BCUT2D eigenvalue weighted by Gasteiger charge is -2.28. The molecule has 0 fully saturated rings. The molecule has 6 nitrogen and oxygen atoms in total. The fourth-order valence-corrected chi connectivity index (χ4v) is 1.75. The largest absolute Gasteiger partial charge is 0.383 e. The summed E-state index contributed by atoms with van der Waals surface area (Å²) < 4.78 is 5.13. The van der Waals surface area contributed by atoms with Gasteiger partial charge in [0.25, 0.3) is 0 Å². The molecule has 6 heteroatoms. The molecule has 0 amide bonds. The Balaban J connectivity index is 3.10. The molecule has 0 aliphatic heterocycles. The number of methoxy groups -OCH3 is 1. The maximum Gasteiger partial charge on any atom is 0.226 e. The van der Waals surface area contributed by atoms with Gasteiger partial charge in [0.2, 0.25) is 5.95 Å². The molecule has 0 saturated heterocycles. The first-order chi connectivity index (χ1) is 8.99. The second-order valence-corrected chi connectivity index (χ2v) is 4.55. The average molecular weight is 265 g/mol. The Kier molecular flexibility index (Phi) is 5.69. The minimum absolute atomic E-state index is 0.0393. The van der Waals surface area contributed by atoms with Crippen LogP contribution in [-0.2, 0) is 4.74 Å². The molecule has 19 heavy (non-hydrogen) atoms. The molecule has 1 atom stereocenters. The van der Waals surface area contributed by atoms with E-state index in [1.54, 1.807) is 13.2 Å². The second kappa shape index (κ2) is 7.04. The minimum atomic E-state index is -0.0393. The van der Waals surface area contributed by atoms with Gasteiger partial charge in [-0.3, -0.25) is 5.41 Å². The van der Waals surface area contributed by atoms with Crippen molar-refractivity contribution in [3.8, 4) is 0 Å². The van der Waals surface area contributed by atoms with Crippen molar-refractivity contribution >= 4 is 11.8 Å². The molecule has 0 radical (unpaired) electrons. The summed E-state index contributed by atoms with van der Waals surface area (Å²) in [5.41, 5.74) is 6.78. The molecule has 1 unspecified atom stereocenters. The number of hydrogen-bond donors (Lipinski definition) is 2. The SMILES string of the molecule is CCC(C)N(CCOC)c1nc(C)cc(C(=N)N)n1. The van der Waals surface area contributed by atoms with E-state index < -0.39 is 0 Å². The Labute approximate surface area is 114 Å². The summed E-state index contributed by atoms with van der Waals surface area (Å²) in [5.74, 6) is 0.569. The van der Waals surface area contributed by atoms with Crippen molar-refractivity contribution in [2.24, 2.45) is 5.73 Å². The van der Waals surface area contributed by atoms with Crippen LogP contribution in [-0.4, -0.2) is 42.1 Å². The van der Waals surface area contributed by atoms with Crippen molar-refractivity contribution in [1.29, 1.82) is 5.41 Å². The lowest BCUT2D eigenvalue weighted by atomic mass is 10.2. The van der Waals surface area contributed by atoms with Gasteiger partial charge in [-0.05, 0) is 26.3 Å². The third-order valence-electron chi connectivity index (χ3n) is 3.03. The van der Waals surface area contributed by atoms with E-state index in [1.165, 1.54) is 0 Å². The van der Waals surface area contributed by atoms with Crippen LogP contribution in [0.5, 0.6) is 0 Å². The summed E-state index contributed by atoms with van der Waals surface area (Å²) in [6.45, 7) is 7.44. The van der Waals surface area contributed by atoms with E-state index >= 15 is 0 Å². The number of nitrogens with one attached hydrogen (secondary N) is 1. The fraction of sp³-hybridized carbons (Fsp3) is 0.615. The fourth-order valence-electron chi connectivity index (χ4n) is 1.75. The smallest absolute Gasteiger partial charge is 0.226 e. The molecule has 0 bridgehead atoms. The molecule has 1 aromatic rings. The maximum atomic E-state index is 7.50. The van der Waals surface area contributed by atoms with Crippen molar-refractivity contribution in [3.63, 3.8) is 0 Å². The summed E-state index contributed by atoms with van der Waals surface area (Å²) in [7, 11) is 1.67. The predicted octanol–water partition coefficient (Wildman–Crippen LogP) is 1.32. The molecule has 0 aromatic carbocycles. The van der Waals surface area contributed by atoms with Gasteiger partial charge in [0.1, 0.15) is 11.5 Å². The molecule has 0 spiro atoms. The molecular weight excluding hydrogens is 242 g/mol. The van der Waals surface area contributed by atoms with E-state index in [4.69, 9.17) is 15.9 Å². The minimum Gasteiger partial charge on any atom is -0.383 e. The number of aryl methyl sites for hydroxylation is 1. The maximum absolute atomic E-state index is 7.50. The van der Waals surface area contributed by atoms with Crippen LogP contribution in [0.4, 0.5) is 5.95 Å². The van der Waals surface area contributed by atoms with Gasteiger partial charge < -0.3 is 15.4 Å². The van der Waals surface area contributed by atoms with E-state index in [9.17, 15) is 0 Å². The Bertz CT molecular complexity index is 435. The monoisotopic (exact) mass is 265 g/mol. The van der Waals surface area contributed by atoms with Crippen LogP contribution in [0.3, 0.4) is 0 Å². The molecule has 1 aromatic heterocycles. The lowest BCUT2D eigenvalue weighted by Crippen LogP contribution is -2.37. The van der Waals surface area contributed by atoms with E-state index in [1.807, 2.05) is 6.92 Å². The number of rotatable bonds is 7. The number of hydrogen-bond acceptors (Lipinski definition) is 5. The van der Waals surface area contributed by atoms with Gasteiger partial charge in [0, 0.05) is 25.4 Å². The highest BCUT2D eigenvalue weighted by molar-refractivity contribution is 5.93. The first kappa shape index (κ1) is 15.4. The normalized spacial score (nSPS) is 12.2. The third-order valence-corrected chi connectivity index (χ3v) is 3.03. The molecule has 0 saturated carbocycles. The van der Waals surface area contributed by atoms with Gasteiger partial charge in [-0.1, -0.05) is 6.92 Å². The van der Waals surface area contributed by atoms with Crippen molar-refractivity contribution in [1.82, 2.24) is 9.97 Å². The molecule has 0 aliphatic rings. The number of anilines is 1. The van der Waals surface area contributed by atoms with Gasteiger partial charge in [-0.25, -0.2) is 9.97 Å². The van der Waals surface area contributed by atoms with Crippen molar-refractivity contribution in [3.05, 3.63) is 17.5 Å². The third kappa shape index (κ3) is 4.17. The van der Waals surface area contributed by atoms with E-state index in [2.05, 4.69) is 28.7 Å². The van der Waals surface area contributed by atoms with Crippen LogP contribution in [0.2, 0.25) is 0 Å². The summed E-state index contributed by atoms with van der Waals surface area (Å²) >= 11 is 0. The number of nitrogen functional groups attached to an aromatic ring is 1. The summed E-state index contributed by atoms with van der Waals surface area (Å²) in [6.07, 6.45) is 0.983. The second-order valence-electron chi connectivity index (χ2n) is 4.55. The zero-order valence-corrected chi connectivity index (χ0v) is 12.1. The highest BCUT2D eigenvalue weighted by Crippen LogP contribution is 2.15. The quantitative estimate of drug-likeness (QED) is 0.573. The summed E-state index contributed by atoms with van der Waals surface area (Å²) in [4.78, 5) is 10.9. The Morgan fingerprint density at radius 1 is 1.53 bits per heavy atom. The molecule has 3 N–H and O–H groups in total. The van der Waals surface area contributed by atoms with E-state index in [0.29, 0.717) is 30.8 Å². The number of aromatic nitrogens is 2. The zero-order chi connectivity index (χ0) is 14.4. The van der Waals surface area contributed by atoms with Crippen LogP contribution >= 0.6 is 0 Å². The van der Waals surface area contributed by atoms with Crippen LogP contribution in [0.25, 0.3) is 0 Å². The Morgan fingerprint density at radius 3 is 2.74 bits per heavy atom. The molecule has 1 heterocycles. The predicted molar refractivity (Wildman–Crippen MR) is 76.8 cm³/mol. The van der Waals surface area contributed by atoms with Gasteiger partial charge in [0.15, 0.2) is 0 Å². The van der Waals surface area contributed by atoms with E-state index in [0.717, 1.165) is 12.1 Å². The van der Waals surface area contributed by atoms with Crippen LogP contribution in [0, 0.1) is 12.3 Å². The van der Waals surface area contributed by atoms with Crippen LogP contribution in [0.1, 0.15) is 31.7 Å². The first-order valence-electron chi connectivity index (χ1n) is 6.45. The highest BCUT2D eigenvalue weighted by atomic mass is 16.5. The zero-order valence-electron chi connectivity index (χ0n) is 12.1.